The van der Waals surface area contributed by atoms with E-state index in [1.165, 1.54) is 81.2 Å². The number of aryl methyl sites for hydroxylation is 1. The fourth-order valence-corrected chi connectivity index (χ4v) is 6.70. The molecule has 1 atom stereocenters. The van der Waals surface area contributed by atoms with Gasteiger partial charge in [0.25, 0.3) is 0 Å². The van der Waals surface area contributed by atoms with Crippen molar-refractivity contribution in [2.45, 2.75) is 76.2 Å². The van der Waals surface area contributed by atoms with Crippen LogP contribution in [0.1, 0.15) is 75.3 Å². The van der Waals surface area contributed by atoms with Gasteiger partial charge in [-0.1, -0.05) is 49.5 Å². The highest BCUT2D eigenvalue weighted by atomic mass is 16.5. The van der Waals surface area contributed by atoms with Gasteiger partial charge in [0.2, 0.25) is 0 Å². The maximum Gasteiger partial charge on any atom is 0.149 e. The third-order valence-electron chi connectivity index (χ3n) is 8.63. The highest BCUT2D eigenvalue weighted by Crippen LogP contribution is 2.49. The van der Waals surface area contributed by atoms with Gasteiger partial charge in [-0.05, 0) is 92.4 Å². The lowest BCUT2D eigenvalue weighted by atomic mass is 9.68. The summed E-state index contributed by atoms with van der Waals surface area (Å²) in [6.45, 7) is 4.04. The van der Waals surface area contributed by atoms with E-state index < -0.39 is 5.60 Å². The van der Waals surface area contributed by atoms with Crippen molar-refractivity contribution >= 4 is 11.9 Å². The zero-order valence-electron chi connectivity index (χ0n) is 21.4. The highest BCUT2D eigenvalue weighted by Gasteiger charge is 2.40. The van der Waals surface area contributed by atoms with Crippen molar-refractivity contribution in [2.24, 2.45) is 5.92 Å². The van der Waals surface area contributed by atoms with Crippen LogP contribution in [0.25, 0.3) is 5.57 Å². The quantitative estimate of drug-likeness (QED) is 0.414. The number of allylic oxidation sites excluding steroid dienone is 3. The first-order valence-electron chi connectivity index (χ1n) is 13.8. The van der Waals surface area contributed by atoms with Crippen molar-refractivity contribution in [3.8, 4) is 5.75 Å². The number of nitrogens with zero attached hydrogens (tertiary/aromatic N) is 1. The Labute approximate surface area is 211 Å². The molecule has 1 heterocycles. The van der Waals surface area contributed by atoms with E-state index in [4.69, 9.17) is 9.47 Å². The maximum atomic E-state index is 11.6. The Hall–Kier alpha value is -2.17. The van der Waals surface area contributed by atoms with Crippen molar-refractivity contribution in [2.75, 3.05) is 33.4 Å². The van der Waals surface area contributed by atoms with Crippen LogP contribution in [0.3, 0.4) is 0 Å². The highest BCUT2D eigenvalue weighted by molar-refractivity contribution is 5.84. The molecule has 1 saturated carbocycles. The molecule has 0 N–H and O–H groups in total. The molecule has 0 aromatic heterocycles. The van der Waals surface area contributed by atoms with Crippen LogP contribution >= 0.6 is 0 Å². The maximum absolute atomic E-state index is 11.6. The molecule has 1 aromatic carbocycles. The Morgan fingerprint density at radius 2 is 1.86 bits per heavy atom. The molecule has 0 amide bonds. The average Bonchev–Trinajstić information content (AvgIpc) is 2.93. The van der Waals surface area contributed by atoms with Crippen LogP contribution in [0, 0.1) is 5.92 Å². The van der Waals surface area contributed by atoms with Gasteiger partial charge in [0, 0.05) is 18.5 Å². The Balaban J connectivity index is 1.53. The summed E-state index contributed by atoms with van der Waals surface area (Å²) in [5.74, 6) is 1.56. The molecule has 0 radical (unpaired) electrons. The second-order valence-corrected chi connectivity index (χ2v) is 10.8. The van der Waals surface area contributed by atoms with Crippen LogP contribution < -0.4 is 4.74 Å². The number of aldehydes is 1. The van der Waals surface area contributed by atoms with Crippen LogP contribution in [0.15, 0.2) is 47.6 Å². The number of fused-ring (bicyclic) bond motifs is 1. The number of likely N-dealkylation sites (tertiary alicyclic amines) is 1. The Morgan fingerprint density at radius 1 is 1.06 bits per heavy atom. The van der Waals surface area contributed by atoms with Gasteiger partial charge in [0.1, 0.15) is 17.6 Å². The predicted octanol–water partition coefficient (Wildman–Crippen LogP) is 6.30. The van der Waals surface area contributed by atoms with Crippen LogP contribution in [-0.4, -0.2) is 50.1 Å². The average molecular weight is 476 g/mol. The Bertz CT molecular complexity index is 994. The number of rotatable bonds is 8. The van der Waals surface area contributed by atoms with E-state index in [1.807, 2.05) is 6.08 Å². The molecule has 1 aromatic rings. The molecule has 4 nitrogen and oxygen atoms in total. The van der Waals surface area contributed by atoms with Crippen LogP contribution in [0.5, 0.6) is 5.75 Å². The monoisotopic (exact) mass is 475 g/mol. The zero-order valence-corrected chi connectivity index (χ0v) is 21.4. The summed E-state index contributed by atoms with van der Waals surface area (Å²) in [5.41, 5.74) is 5.90. The second-order valence-electron chi connectivity index (χ2n) is 10.8. The van der Waals surface area contributed by atoms with Gasteiger partial charge in [0.15, 0.2) is 0 Å². The van der Waals surface area contributed by atoms with Crippen molar-refractivity contribution in [1.29, 1.82) is 0 Å². The summed E-state index contributed by atoms with van der Waals surface area (Å²) in [5, 5.41) is 0. The normalized spacial score (nSPS) is 25.8. The van der Waals surface area contributed by atoms with Crippen LogP contribution in [-0.2, 0) is 16.0 Å². The number of piperidine rings is 1. The summed E-state index contributed by atoms with van der Waals surface area (Å²) < 4.78 is 12.5. The lowest BCUT2D eigenvalue weighted by Crippen LogP contribution is -2.40. The summed E-state index contributed by atoms with van der Waals surface area (Å²) in [4.78, 5) is 14.1. The fraction of sp³-hybridized carbons (Fsp3) is 0.581. The van der Waals surface area contributed by atoms with E-state index in [1.54, 1.807) is 12.7 Å². The summed E-state index contributed by atoms with van der Waals surface area (Å²) in [7, 11) is 1.75. The molecule has 1 unspecified atom stereocenters. The number of carbonyl (C=O) groups is 1. The molecule has 0 bridgehead atoms. The number of hydrogen-bond acceptors (Lipinski definition) is 4. The van der Waals surface area contributed by atoms with Gasteiger partial charge in [-0.3, -0.25) is 4.79 Å². The van der Waals surface area contributed by atoms with E-state index in [2.05, 4.69) is 35.3 Å². The number of carbonyl (C=O) groups excluding carboxylic acids is 1. The molecule has 1 aliphatic heterocycles. The summed E-state index contributed by atoms with van der Waals surface area (Å²) >= 11 is 0. The van der Waals surface area contributed by atoms with Crippen LogP contribution in [0.4, 0.5) is 0 Å². The van der Waals surface area contributed by atoms with E-state index in [9.17, 15) is 4.79 Å². The van der Waals surface area contributed by atoms with E-state index in [-0.39, 0.29) is 0 Å². The zero-order chi connectivity index (χ0) is 24.1. The van der Waals surface area contributed by atoms with E-state index in [0.29, 0.717) is 18.9 Å². The van der Waals surface area contributed by atoms with E-state index >= 15 is 0 Å². The summed E-state index contributed by atoms with van der Waals surface area (Å²) in [6, 6.07) is 6.57. The smallest absolute Gasteiger partial charge is 0.149 e. The minimum absolute atomic E-state index is 0.515. The molecule has 188 valence electrons. The molecular formula is C31H41NO3. The molecule has 5 rings (SSSR count). The molecular weight excluding hydrogens is 434 g/mol. The van der Waals surface area contributed by atoms with Crippen molar-refractivity contribution in [3.63, 3.8) is 0 Å². The van der Waals surface area contributed by atoms with Crippen LogP contribution in [0.2, 0.25) is 0 Å². The van der Waals surface area contributed by atoms with Gasteiger partial charge >= 0.3 is 0 Å². The van der Waals surface area contributed by atoms with Gasteiger partial charge < -0.3 is 14.4 Å². The molecule has 4 heteroatoms. The number of hydrogen-bond donors (Lipinski definition) is 0. The topological polar surface area (TPSA) is 38.8 Å². The largest absolute Gasteiger partial charge is 0.497 e. The first-order valence-corrected chi connectivity index (χ1v) is 13.8. The number of ether oxygens (including phenoxy) is 2. The number of benzene rings is 1. The SMILES string of the molecule is COc1ccc2c(c1)CCC(C1CCCCC1)=C2C1(OCCN2CCCCC2)C=CC(C=O)=CC1. The second kappa shape index (κ2) is 11.3. The third-order valence-corrected chi connectivity index (χ3v) is 8.63. The van der Waals surface area contributed by atoms with Crippen molar-refractivity contribution < 1.29 is 14.3 Å². The van der Waals surface area contributed by atoms with Gasteiger partial charge in [-0.15, -0.1) is 0 Å². The molecule has 2 fully saturated rings. The van der Waals surface area contributed by atoms with Crippen molar-refractivity contribution in [3.05, 3.63) is 58.7 Å². The number of methoxy groups -OCH3 is 1. The van der Waals surface area contributed by atoms with Crippen molar-refractivity contribution in [1.82, 2.24) is 4.90 Å². The Kier molecular flexibility index (Phi) is 7.89. The van der Waals surface area contributed by atoms with Gasteiger partial charge in [0.05, 0.1) is 13.7 Å². The fourth-order valence-electron chi connectivity index (χ4n) is 6.70. The Morgan fingerprint density at radius 3 is 2.57 bits per heavy atom. The third kappa shape index (κ3) is 5.34. The molecule has 3 aliphatic carbocycles. The molecule has 1 saturated heterocycles. The molecule has 4 aliphatic rings. The molecule has 0 spiro atoms. The minimum Gasteiger partial charge on any atom is -0.497 e. The standard InChI is InChI=1S/C31H41NO3/c1-34-27-11-13-29-26(22-27)10-12-28(25-8-4-2-5-9-25)30(29)31(16-14-24(23-33)15-17-31)35-21-20-32-18-6-3-7-19-32/h11,13-16,22-23,25H,2-10,12,17-21H2,1H3. The first kappa shape index (κ1) is 24.5. The van der Waals surface area contributed by atoms with E-state index in [0.717, 1.165) is 37.0 Å². The predicted molar refractivity (Wildman–Crippen MR) is 142 cm³/mol. The lowest BCUT2D eigenvalue weighted by molar-refractivity contribution is -0.104. The first-order chi connectivity index (χ1) is 17.2. The van der Waals surface area contributed by atoms with Gasteiger partial charge in [-0.2, -0.15) is 0 Å². The molecule has 35 heavy (non-hydrogen) atoms. The van der Waals surface area contributed by atoms with Gasteiger partial charge in [-0.25, -0.2) is 0 Å². The summed E-state index contributed by atoms with van der Waals surface area (Å²) in [6.07, 6.45) is 20.6. The lowest BCUT2D eigenvalue weighted by Gasteiger charge is -2.42. The minimum atomic E-state index is -0.515.